The van der Waals surface area contributed by atoms with Crippen LogP contribution in [0.5, 0.6) is 0 Å². The summed E-state index contributed by atoms with van der Waals surface area (Å²) in [6.07, 6.45) is 0. The third kappa shape index (κ3) is 3.92. The molecule has 142 valence electrons. The third-order valence-electron chi connectivity index (χ3n) is 4.07. The Labute approximate surface area is 164 Å². The fourth-order valence-electron chi connectivity index (χ4n) is 2.82. The molecule has 0 atom stereocenters. The second-order valence-electron chi connectivity index (χ2n) is 6.28. The Hall–Kier alpha value is -3.51. The molecule has 0 unspecified atom stereocenters. The number of hydrogen-bond donors (Lipinski definition) is 2. The highest BCUT2D eigenvalue weighted by molar-refractivity contribution is 7.22. The summed E-state index contributed by atoms with van der Waals surface area (Å²) in [5.41, 5.74) is 2.06. The number of carbonyl (C=O) groups is 2. The molecular formula is C19H17N5O3S. The normalized spacial score (nSPS) is 10.5. The fraction of sp³-hybridized carbons (Fsp3) is 0.211. The molecule has 28 heavy (non-hydrogen) atoms. The van der Waals surface area contributed by atoms with E-state index in [0.717, 1.165) is 4.70 Å². The number of rotatable bonds is 4. The molecule has 2 heterocycles. The van der Waals surface area contributed by atoms with Crippen molar-refractivity contribution in [2.24, 2.45) is 0 Å². The van der Waals surface area contributed by atoms with Crippen molar-refractivity contribution in [3.05, 3.63) is 51.4 Å². The molecule has 0 aliphatic heterocycles. The van der Waals surface area contributed by atoms with Gasteiger partial charge in [0.2, 0.25) is 11.8 Å². The molecule has 0 saturated heterocycles. The van der Waals surface area contributed by atoms with Crippen molar-refractivity contribution in [3.8, 4) is 6.07 Å². The number of nitrogens with zero attached hydrogens (tertiary/aromatic N) is 3. The second-order valence-corrected chi connectivity index (χ2v) is 7.31. The van der Waals surface area contributed by atoms with Gasteiger partial charge in [-0.1, -0.05) is 11.3 Å². The summed E-state index contributed by atoms with van der Waals surface area (Å²) in [6.45, 7) is 4.61. The first-order chi connectivity index (χ1) is 13.3. The predicted octanol–water partition coefficient (Wildman–Crippen LogP) is 2.54. The Kier molecular flexibility index (Phi) is 5.24. The number of nitrogens with one attached hydrogen (secondary N) is 2. The zero-order valence-corrected chi connectivity index (χ0v) is 16.3. The van der Waals surface area contributed by atoms with Crippen molar-refractivity contribution >= 4 is 44.2 Å². The molecule has 9 heteroatoms. The quantitative estimate of drug-likeness (QED) is 0.704. The van der Waals surface area contributed by atoms with E-state index in [1.54, 1.807) is 38.1 Å². The van der Waals surface area contributed by atoms with Gasteiger partial charge in [-0.25, -0.2) is 4.98 Å². The van der Waals surface area contributed by atoms with Crippen LogP contribution >= 0.6 is 11.3 Å². The van der Waals surface area contributed by atoms with Crippen LogP contribution in [0.4, 0.5) is 10.8 Å². The van der Waals surface area contributed by atoms with Gasteiger partial charge in [-0.3, -0.25) is 14.4 Å². The zero-order chi connectivity index (χ0) is 20.4. The summed E-state index contributed by atoms with van der Waals surface area (Å²) in [7, 11) is 0. The molecule has 0 bridgehead atoms. The average Bonchev–Trinajstić information content (AvgIpc) is 2.99. The van der Waals surface area contributed by atoms with Gasteiger partial charge in [0.25, 0.3) is 5.56 Å². The monoisotopic (exact) mass is 395 g/mol. The van der Waals surface area contributed by atoms with Crippen LogP contribution in [-0.4, -0.2) is 21.4 Å². The van der Waals surface area contributed by atoms with Crippen molar-refractivity contribution in [3.63, 3.8) is 0 Å². The Morgan fingerprint density at radius 3 is 2.68 bits per heavy atom. The molecule has 0 saturated carbocycles. The average molecular weight is 395 g/mol. The maximum atomic E-state index is 12.4. The zero-order valence-electron chi connectivity index (χ0n) is 15.5. The van der Waals surface area contributed by atoms with Crippen LogP contribution < -0.4 is 16.2 Å². The Bertz CT molecular complexity index is 1200. The van der Waals surface area contributed by atoms with E-state index in [4.69, 9.17) is 5.26 Å². The minimum Gasteiger partial charge on any atom is -0.326 e. The molecule has 2 aromatic heterocycles. The highest BCUT2D eigenvalue weighted by atomic mass is 32.1. The molecule has 1 aromatic carbocycles. The molecule has 0 aliphatic rings. The number of hydrogen-bond acceptors (Lipinski definition) is 6. The molecule has 3 rings (SSSR count). The molecule has 0 fully saturated rings. The standard InChI is InChI=1S/C19H17N5O3S/c1-10-6-11(2)24(18(27)14(10)8-20)9-17(26)23-19-22-15-5-4-13(21-12(3)25)7-16(15)28-19/h4-7H,9H2,1-3H3,(H,21,25)(H,22,23,26). The number of amides is 2. The van der Waals surface area contributed by atoms with E-state index in [0.29, 0.717) is 27.6 Å². The number of fused-ring (bicyclic) bond motifs is 1. The van der Waals surface area contributed by atoms with Crippen LogP contribution in [0.1, 0.15) is 23.7 Å². The smallest absolute Gasteiger partial charge is 0.269 e. The van der Waals surface area contributed by atoms with Crippen molar-refractivity contribution in [2.75, 3.05) is 10.6 Å². The molecule has 2 N–H and O–H groups in total. The van der Waals surface area contributed by atoms with E-state index in [-0.39, 0.29) is 18.0 Å². The van der Waals surface area contributed by atoms with E-state index in [1.165, 1.54) is 22.8 Å². The lowest BCUT2D eigenvalue weighted by Crippen LogP contribution is -2.31. The minimum atomic E-state index is -0.487. The Balaban J connectivity index is 1.81. The summed E-state index contributed by atoms with van der Waals surface area (Å²) >= 11 is 1.26. The van der Waals surface area contributed by atoms with Gasteiger partial charge in [0, 0.05) is 18.3 Å². The number of pyridine rings is 1. The molecule has 2 amide bonds. The number of nitriles is 1. The Morgan fingerprint density at radius 2 is 2.00 bits per heavy atom. The number of carbonyl (C=O) groups excluding carboxylic acids is 2. The first-order valence-corrected chi connectivity index (χ1v) is 9.19. The summed E-state index contributed by atoms with van der Waals surface area (Å²) in [6, 6.07) is 8.84. The lowest BCUT2D eigenvalue weighted by Gasteiger charge is -2.11. The lowest BCUT2D eigenvalue weighted by atomic mass is 10.1. The topological polar surface area (TPSA) is 117 Å². The summed E-state index contributed by atoms with van der Waals surface area (Å²) < 4.78 is 2.07. The third-order valence-corrected chi connectivity index (χ3v) is 5.01. The van der Waals surface area contributed by atoms with Gasteiger partial charge in [-0.05, 0) is 43.7 Å². The van der Waals surface area contributed by atoms with Gasteiger partial charge < -0.3 is 15.2 Å². The molecule has 0 aliphatic carbocycles. The number of benzene rings is 1. The van der Waals surface area contributed by atoms with Gasteiger partial charge in [-0.15, -0.1) is 0 Å². The number of anilines is 2. The van der Waals surface area contributed by atoms with Crippen LogP contribution in [0.15, 0.2) is 29.1 Å². The highest BCUT2D eigenvalue weighted by Crippen LogP contribution is 2.28. The maximum Gasteiger partial charge on any atom is 0.269 e. The van der Waals surface area contributed by atoms with Crippen molar-refractivity contribution < 1.29 is 9.59 Å². The lowest BCUT2D eigenvalue weighted by molar-refractivity contribution is -0.117. The van der Waals surface area contributed by atoms with Crippen molar-refractivity contribution in [1.82, 2.24) is 9.55 Å². The van der Waals surface area contributed by atoms with Gasteiger partial charge >= 0.3 is 0 Å². The highest BCUT2D eigenvalue weighted by Gasteiger charge is 2.14. The number of thiazole rings is 1. The molecule has 8 nitrogen and oxygen atoms in total. The van der Waals surface area contributed by atoms with Crippen molar-refractivity contribution in [1.29, 1.82) is 5.26 Å². The van der Waals surface area contributed by atoms with Gasteiger partial charge in [-0.2, -0.15) is 5.26 Å². The molecular weight excluding hydrogens is 378 g/mol. The van der Waals surface area contributed by atoms with Gasteiger partial charge in [0.05, 0.1) is 10.2 Å². The second kappa shape index (κ2) is 7.62. The predicted molar refractivity (Wildman–Crippen MR) is 107 cm³/mol. The summed E-state index contributed by atoms with van der Waals surface area (Å²) in [5, 5.41) is 14.9. The molecule has 3 aromatic rings. The summed E-state index contributed by atoms with van der Waals surface area (Å²) in [5.74, 6) is -0.591. The van der Waals surface area contributed by atoms with E-state index in [1.807, 2.05) is 6.07 Å². The van der Waals surface area contributed by atoms with E-state index < -0.39 is 11.5 Å². The number of aryl methyl sites for hydroxylation is 2. The van der Waals surface area contributed by atoms with Crippen LogP contribution in [0.25, 0.3) is 10.2 Å². The largest absolute Gasteiger partial charge is 0.326 e. The number of aromatic nitrogens is 2. The first-order valence-electron chi connectivity index (χ1n) is 8.37. The van der Waals surface area contributed by atoms with E-state index in [9.17, 15) is 14.4 Å². The van der Waals surface area contributed by atoms with Gasteiger partial charge in [0.15, 0.2) is 5.13 Å². The van der Waals surface area contributed by atoms with E-state index in [2.05, 4.69) is 15.6 Å². The van der Waals surface area contributed by atoms with Crippen LogP contribution in [0.2, 0.25) is 0 Å². The van der Waals surface area contributed by atoms with Crippen LogP contribution in [0, 0.1) is 25.2 Å². The Morgan fingerprint density at radius 1 is 1.25 bits per heavy atom. The van der Waals surface area contributed by atoms with Crippen LogP contribution in [0.3, 0.4) is 0 Å². The SMILES string of the molecule is CC(=O)Nc1ccc2nc(NC(=O)Cn3c(C)cc(C)c(C#N)c3=O)sc2c1. The van der Waals surface area contributed by atoms with Gasteiger partial charge in [0.1, 0.15) is 18.2 Å². The summed E-state index contributed by atoms with van der Waals surface area (Å²) in [4.78, 5) is 40.3. The minimum absolute atomic E-state index is 0.0314. The van der Waals surface area contributed by atoms with Crippen molar-refractivity contribution in [2.45, 2.75) is 27.3 Å². The van der Waals surface area contributed by atoms with Crippen LogP contribution in [-0.2, 0) is 16.1 Å². The molecule has 0 radical (unpaired) electrons. The molecule has 0 spiro atoms. The maximum absolute atomic E-state index is 12.4. The fourth-order valence-corrected chi connectivity index (χ4v) is 3.74. The van der Waals surface area contributed by atoms with E-state index >= 15 is 0 Å². The first kappa shape index (κ1) is 19.3.